The predicted octanol–water partition coefficient (Wildman–Crippen LogP) is 4.69. The number of aromatic hydroxyl groups is 1. The highest BCUT2D eigenvalue weighted by Gasteiger charge is 2.18. The number of aliphatic imine (C=N–C) groups is 1. The van der Waals surface area contributed by atoms with E-state index in [1.807, 2.05) is 78.9 Å². The van der Waals surface area contributed by atoms with E-state index in [0.29, 0.717) is 16.8 Å². The summed E-state index contributed by atoms with van der Waals surface area (Å²) < 4.78 is 1.21. The summed E-state index contributed by atoms with van der Waals surface area (Å²) in [6.45, 7) is 1.81. The topological polar surface area (TPSA) is 78.4 Å². The van der Waals surface area contributed by atoms with E-state index in [-0.39, 0.29) is 18.0 Å². The third-order valence-corrected chi connectivity index (χ3v) is 5.11. The Hall–Kier alpha value is -4.17. The molecule has 0 radical (unpaired) electrons. The molecular weight excluding hydrogens is 374 g/mol. The molecule has 0 saturated heterocycles. The van der Waals surface area contributed by atoms with Crippen molar-refractivity contribution < 1.29 is 5.11 Å². The fourth-order valence-corrected chi connectivity index (χ4v) is 3.43. The smallest absolute Gasteiger partial charge is 0.271 e. The minimum Gasteiger partial charge on any atom is -0.494 e. The van der Waals surface area contributed by atoms with Gasteiger partial charge in [-0.15, -0.1) is 0 Å². The Balaban J connectivity index is 1.80. The van der Waals surface area contributed by atoms with E-state index in [1.165, 1.54) is 10.8 Å². The van der Waals surface area contributed by atoms with Crippen molar-refractivity contribution in [1.82, 2.24) is 4.57 Å². The fourth-order valence-electron chi connectivity index (χ4n) is 3.43. The van der Waals surface area contributed by atoms with Crippen LogP contribution in [0.15, 0.2) is 82.6 Å². The summed E-state index contributed by atoms with van der Waals surface area (Å²) in [6.07, 6.45) is 1.51. The van der Waals surface area contributed by atoms with Gasteiger partial charge in [-0.25, -0.2) is 0 Å². The Morgan fingerprint density at radius 2 is 1.73 bits per heavy atom. The van der Waals surface area contributed by atoms with Gasteiger partial charge in [-0.1, -0.05) is 60.7 Å². The minimum atomic E-state index is -0.515. The molecule has 0 unspecified atom stereocenters. The third-order valence-electron chi connectivity index (χ3n) is 5.11. The zero-order chi connectivity index (χ0) is 21.1. The van der Waals surface area contributed by atoms with Crippen LogP contribution in [0.1, 0.15) is 22.3 Å². The van der Waals surface area contributed by atoms with Crippen molar-refractivity contribution in [3.05, 3.63) is 105 Å². The average molecular weight is 393 g/mol. The van der Waals surface area contributed by atoms with Gasteiger partial charge >= 0.3 is 0 Å². The number of hydrogen-bond acceptors (Lipinski definition) is 4. The molecule has 0 aliphatic carbocycles. The van der Waals surface area contributed by atoms with Crippen LogP contribution < -0.4 is 5.56 Å². The van der Waals surface area contributed by atoms with Crippen molar-refractivity contribution in [1.29, 1.82) is 5.26 Å². The lowest BCUT2D eigenvalue weighted by Crippen LogP contribution is -2.25. The molecule has 0 aliphatic heterocycles. The van der Waals surface area contributed by atoms with Crippen LogP contribution in [0.25, 0.3) is 10.8 Å². The molecule has 1 heterocycles. The summed E-state index contributed by atoms with van der Waals surface area (Å²) in [7, 11) is 0. The second-order valence-corrected chi connectivity index (χ2v) is 7.02. The van der Waals surface area contributed by atoms with E-state index in [9.17, 15) is 15.2 Å². The Kier molecular flexibility index (Phi) is 5.15. The number of aromatic nitrogens is 1. The highest BCUT2D eigenvalue weighted by Crippen LogP contribution is 2.24. The summed E-state index contributed by atoms with van der Waals surface area (Å²) >= 11 is 0. The van der Waals surface area contributed by atoms with Gasteiger partial charge in [-0.2, -0.15) is 5.26 Å². The average Bonchev–Trinajstić information content (AvgIpc) is 2.77. The van der Waals surface area contributed by atoms with Crippen LogP contribution in [-0.4, -0.2) is 15.9 Å². The van der Waals surface area contributed by atoms with Crippen molar-refractivity contribution in [3.8, 4) is 11.9 Å². The number of rotatable bonds is 4. The fraction of sp³-hybridized carbons (Fsp3) is 0.0800. The standard InChI is InChI=1S/C25H19N3O2/c1-17-22(14-26)24(29)28(16-18-7-3-2-4-8-18)25(30)23(17)15-27-21-12-11-19-9-5-6-10-20(19)13-21/h2-13,15,30H,16H2,1H3. The molecule has 0 saturated carbocycles. The maximum Gasteiger partial charge on any atom is 0.271 e. The number of nitriles is 1. The van der Waals surface area contributed by atoms with Gasteiger partial charge in [0.15, 0.2) is 0 Å². The molecule has 146 valence electrons. The van der Waals surface area contributed by atoms with Crippen molar-refractivity contribution in [2.24, 2.45) is 4.99 Å². The second-order valence-electron chi connectivity index (χ2n) is 7.02. The Labute approximate surface area is 173 Å². The number of pyridine rings is 1. The lowest BCUT2D eigenvalue weighted by Gasteiger charge is -2.14. The van der Waals surface area contributed by atoms with E-state index in [2.05, 4.69) is 4.99 Å². The molecule has 5 heteroatoms. The van der Waals surface area contributed by atoms with E-state index < -0.39 is 5.56 Å². The first-order valence-corrected chi connectivity index (χ1v) is 9.51. The van der Waals surface area contributed by atoms with Crippen molar-refractivity contribution in [3.63, 3.8) is 0 Å². The summed E-state index contributed by atoms with van der Waals surface area (Å²) in [5.41, 5.74) is 1.82. The summed E-state index contributed by atoms with van der Waals surface area (Å²) in [5.74, 6) is -0.204. The molecule has 1 aromatic heterocycles. The van der Waals surface area contributed by atoms with Crippen molar-refractivity contribution >= 4 is 22.7 Å². The quantitative estimate of drug-likeness (QED) is 0.511. The van der Waals surface area contributed by atoms with Gasteiger partial charge in [0, 0.05) is 6.21 Å². The number of benzene rings is 3. The van der Waals surface area contributed by atoms with Crippen LogP contribution in [0, 0.1) is 18.3 Å². The van der Waals surface area contributed by atoms with Gasteiger partial charge in [0.2, 0.25) is 5.88 Å². The van der Waals surface area contributed by atoms with E-state index in [4.69, 9.17) is 0 Å². The van der Waals surface area contributed by atoms with Gasteiger partial charge in [-0.3, -0.25) is 14.4 Å². The van der Waals surface area contributed by atoms with Crippen LogP contribution in [0.2, 0.25) is 0 Å². The van der Waals surface area contributed by atoms with E-state index in [0.717, 1.165) is 16.3 Å². The van der Waals surface area contributed by atoms with Gasteiger partial charge in [-0.05, 0) is 41.0 Å². The molecule has 4 aromatic rings. The first kappa shape index (κ1) is 19.2. The highest BCUT2D eigenvalue weighted by atomic mass is 16.3. The van der Waals surface area contributed by atoms with Crippen LogP contribution in [0.4, 0.5) is 5.69 Å². The zero-order valence-electron chi connectivity index (χ0n) is 16.4. The van der Waals surface area contributed by atoms with Crippen molar-refractivity contribution in [2.75, 3.05) is 0 Å². The van der Waals surface area contributed by atoms with Gasteiger partial charge in [0.05, 0.1) is 17.8 Å². The van der Waals surface area contributed by atoms with Gasteiger partial charge in [0.25, 0.3) is 5.56 Å². The molecule has 4 rings (SSSR count). The van der Waals surface area contributed by atoms with E-state index in [1.54, 1.807) is 6.92 Å². The molecule has 0 amide bonds. The minimum absolute atomic E-state index is 0.00342. The van der Waals surface area contributed by atoms with Crippen LogP contribution in [0.3, 0.4) is 0 Å². The predicted molar refractivity (Wildman–Crippen MR) is 119 cm³/mol. The first-order chi connectivity index (χ1) is 14.6. The Morgan fingerprint density at radius 1 is 1.03 bits per heavy atom. The Bertz CT molecular complexity index is 1360. The van der Waals surface area contributed by atoms with Gasteiger partial charge in [0.1, 0.15) is 11.6 Å². The molecule has 30 heavy (non-hydrogen) atoms. The lowest BCUT2D eigenvalue weighted by molar-refractivity contribution is 0.413. The second kappa shape index (κ2) is 8.06. The molecule has 0 fully saturated rings. The molecule has 1 N–H and O–H groups in total. The molecule has 5 nitrogen and oxygen atoms in total. The van der Waals surface area contributed by atoms with Crippen LogP contribution in [0.5, 0.6) is 5.88 Å². The molecule has 3 aromatic carbocycles. The molecule has 0 spiro atoms. The summed E-state index contributed by atoms with van der Waals surface area (Å²) in [5, 5.41) is 22.5. The maximum atomic E-state index is 12.8. The normalized spacial score (nSPS) is 11.1. The SMILES string of the molecule is Cc1c(C=Nc2ccc3ccccc3c2)c(O)n(Cc2ccccc2)c(=O)c1C#N. The van der Waals surface area contributed by atoms with Crippen molar-refractivity contribution in [2.45, 2.75) is 13.5 Å². The molecule has 0 aliphatic rings. The largest absolute Gasteiger partial charge is 0.494 e. The van der Waals surface area contributed by atoms with Crippen LogP contribution in [-0.2, 0) is 6.54 Å². The lowest BCUT2D eigenvalue weighted by atomic mass is 10.1. The number of hydrogen-bond donors (Lipinski definition) is 1. The number of fused-ring (bicyclic) bond motifs is 1. The molecule has 0 atom stereocenters. The van der Waals surface area contributed by atoms with Gasteiger partial charge < -0.3 is 5.11 Å². The first-order valence-electron chi connectivity index (χ1n) is 9.51. The Morgan fingerprint density at radius 3 is 2.47 bits per heavy atom. The number of nitrogens with zero attached hydrogens (tertiary/aromatic N) is 3. The van der Waals surface area contributed by atoms with Crippen LogP contribution >= 0.6 is 0 Å². The summed E-state index contributed by atoms with van der Waals surface area (Å²) in [4.78, 5) is 17.2. The monoisotopic (exact) mass is 393 g/mol. The zero-order valence-corrected chi connectivity index (χ0v) is 16.4. The highest BCUT2D eigenvalue weighted by molar-refractivity contribution is 5.90. The van der Waals surface area contributed by atoms with E-state index >= 15 is 0 Å². The maximum absolute atomic E-state index is 12.8. The molecule has 0 bridgehead atoms. The summed E-state index contributed by atoms with van der Waals surface area (Å²) in [6, 6.07) is 25.1. The molecular formula is C25H19N3O2. The third kappa shape index (κ3) is 3.59.